The van der Waals surface area contributed by atoms with Crippen molar-refractivity contribution >= 4 is 98.3 Å². The first kappa shape index (κ1) is 37.0. The van der Waals surface area contributed by atoms with Gasteiger partial charge in [0.25, 0.3) is 0 Å². The molecular formula is C62H36N6. The van der Waals surface area contributed by atoms with E-state index in [0.717, 1.165) is 88.7 Å². The zero-order valence-electron chi connectivity index (χ0n) is 36.5. The van der Waals surface area contributed by atoms with Crippen LogP contribution in [0.15, 0.2) is 218 Å². The summed E-state index contributed by atoms with van der Waals surface area (Å²) in [5.41, 5.74) is 14.6. The Kier molecular flexibility index (Phi) is 7.69. The summed E-state index contributed by atoms with van der Waals surface area (Å²) in [5, 5.41) is 11.6. The Bertz CT molecular complexity index is 4290. The molecule has 0 saturated heterocycles. The zero-order valence-corrected chi connectivity index (χ0v) is 36.5. The molecule has 15 rings (SSSR count). The fourth-order valence-electron chi connectivity index (χ4n) is 10.9. The van der Waals surface area contributed by atoms with Crippen LogP contribution < -0.4 is 0 Å². The third kappa shape index (κ3) is 5.40. The second-order valence-corrected chi connectivity index (χ2v) is 17.8. The van der Waals surface area contributed by atoms with Crippen molar-refractivity contribution < 1.29 is 0 Å². The van der Waals surface area contributed by atoms with Crippen LogP contribution in [0.1, 0.15) is 0 Å². The van der Waals surface area contributed by atoms with Crippen molar-refractivity contribution in [3.8, 4) is 45.0 Å². The van der Waals surface area contributed by atoms with Crippen LogP contribution in [0.4, 0.5) is 0 Å². The first-order valence-electron chi connectivity index (χ1n) is 23.0. The Hall–Kier alpha value is -9.26. The summed E-state index contributed by atoms with van der Waals surface area (Å²) >= 11 is 0. The monoisotopic (exact) mass is 864 g/mol. The van der Waals surface area contributed by atoms with Gasteiger partial charge >= 0.3 is 0 Å². The SMILES string of the molecule is c1ccc2c(c1)nc(-c1ccc3cc(-c4c5ccccc5c(-c5ccc6cc(-c7nc8ccccc8c8nc9ccccc9n78)ccc6c5)c5ccccc45)ccc3c1)n1c3ccccc3nc21. The third-order valence-corrected chi connectivity index (χ3v) is 14.0. The number of benzene rings is 11. The molecular weight excluding hydrogens is 829 g/mol. The molecule has 0 saturated carbocycles. The Morgan fingerprint density at radius 3 is 0.956 bits per heavy atom. The Morgan fingerprint density at radius 2 is 0.559 bits per heavy atom. The summed E-state index contributed by atoms with van der Waals surface area (Å²) in [6.45, 7) is 0. The molecule has 68 heavy (non-hydrogen) atoms. The van der Waals surface area contributed by atoms with Gasteiger partial charge in [-0.3, -0.25) is 8.80 Å². The van der Waals surface area contributed by atoms with Gasteiger partial charge in [-0.15, -0.1) is 0 Å². The average Bonchev–Trinajstić information content (AvgIpc) is 3.99. The van der Waals surface area contributed by atoms with Gasteiger partial charge in [0, 0.05) is 21.9 Å². The lowest BCUT2D eigenvalue weighted by Gasteiger charge is -2.18. The minimum atomic E-state index is 0.881. The maximum Gasteiger partial charge on any atom is 0.149 e. The van der Waals surface area contributed by atoms with Gasteiger partial charge in [0.2, 0.25) is 0 Å². The lowest BCUT2D eigenvalue weighted by molar-refractivity contribution is 1.16. The predicted octanol–water partition coefficient (Wildman–Crippen LogP) is 15.7. The standard InChI is InChI=1S/C62H36N6/c1-2-14-46-45(13-1)57(41-29-25-39-35-43(31-27-37(39)33-41)59-63-51-19-7-5-17-49(51)61-65-53-21-9-11-23-55(53)67(59)61)47-15-3-4-16-48(47)58(46)42-30-26-40-36-44(32-28-38(40)34-42)60-64-52-20-8-6-18-50(52)62-66-54-22-10-12-24-56(54)68(60)62/h1-36H. The number of fused-ring (bicyclic) bond motifs is 14. The number of hydrogen-bond donors (Lipinski definition) is 0. The number of hydrogen-bond acceptors (Lipinski definition) is 4. The fourth-order valence-corrected chi connectivity index (χ4v) is 10.9. The lowest BCUT2D eigenvalue weighted by atomic mass is 9.85. The molecule has 11 aromatic carbocycles. The molecule has 6 nitrogen and oxygen atoms in total. The Labute approximate surface area is 388 Å². The summed E-state index contributed by atoms with van der Waals surface area (Å²) < 4.78 is 4.42. The maximum absolute atomic E-state index is 5.25. The highest BCUT2D eigenvalue weighted by molar-refractivity contribution is 6.22. The quantitative estimate of drug-likeness (QED) is 0.165. The van der Waals surface area contributed by atoms with Gasteiger partial charge < -0.3 is 0 Å². The van der Waals surface area contributed by atoms with E-state index in [1.807, 2.05) is 24.3 Å². The van der Waals surface area contributed by atoms with Gasteiger partial charge in [-0.25, -0.2) is 19.9 Å². The van der Waals surface area contributed by atoms with E-state index in [4.69, 9.17) is 19.9 Å². The fraction of sp³-hybridized carbons (Fsp3) is 0. The van der Waals surface area contributed by atoms with E-state index in [0.29, 0.717) is 0 Å². The Morgan fingerprint density at radius 1 is 0.250 bits per heavy atom. The number of nitrogens with zero attached hydrogens (tertiary/aromatic N) is 6. The molecule has 0 radical (unpaired) electrons. The highest BCUT2D eigenvalue weighted by Gasteiger charge is 2.20. The number of aromatic nitrogens is 6. The summed E-state index contributed by atoms with van der Waals surface area (Å²) in [6.07, 6.45) is 0. The minimum Gasteiger partial charge on any atom is -0.276 e. The van der Waals surface area contributed by atoms with E-state index >= 15 is 0 Å². The van der Waals surface area contributed by atoms with Crippen molar-refractivity contribution in [2.45, 2.75) is 0 Å². The van der Waals surface area contributed by atoms with Crippen LogP contribution in [0, 0.1) is 0 Å². The van der Waals surface area contributed by atoms with Gasteiger partial charge in [0.1, 0.15) is 22.9 Å². The first-order chi connectivity index (χ1) is 33.7. The molecule has 0 fully saturated rings. The molecule has 314 valence electrons. The second kappa shape index (κ2) is 14.1. The van der Waals surface area contributed by atoms with Crippen LogP contribution in [0.5, 0.6) is 0 Å². The van der Waals surface area contributed by atoms with Gasteiger partial charge in [-0.05, 0) is 138 Å². The van der Waals surface area contributed by atoms with E-state index < -0.39 is 0 Å². The van der Waals surface area contributed by atoms with Crippen LogP contribution in [0.25, 0.3) is 143 Å². The highest BCUT2D eigenvalue weighted by Crippen LogP contribution is 2.45. The van der Waals surface area contributed by atoms with Crippen LogP contribution in [-0.2, 0) is 0 Å². The van der Waals surface area contributed by atoms with Crippen molar-refractivity contribution in [2.24, 2.45) is 0 Å². The van der Waals surface area contributed by atoms with Crippen LogP contribution >= 0.6 is 0 Å². The Balaban J connectivity index is 0.858. The summed E-state index contributed by atoms with van der Waals surface area (Å²) in [7, 11) is 0. The van der Waals surface area contributed by atoms with E-state index in [-0.39, 0.29) is 0 Å². The zero-order chi connectivity index (χ0) is 44.5. The van der Waals surface area contributed by atoms with Crippen molar-refractivity contribution in [3.05, 3.63) is 218 Å². The average molecular weight is 865 g/mol. The van der Waals surface area contributed by atoms with Crippen LogP contribution in [-0.4, -0.2) is 28.7 Å². The van der Waals surface area contributed by atoms with Crippen molar-refractivity contribution in [1.82, 2.24) is 28.7 Å². The van der Waals surface area contributed by atoms with Crippen molar-refractivity contribution in [2.75, 3.05) is 0 Å². The van der Waals surface area contributed by atoms with Gasteiger partial charge in [-0.1, -0.05) is 146 Å². The summed E-state index contributed by atoms with van der Waals surface area (Å²) in [4.78, 5) is 20.7. The molecule has 15 aromatic rings. The predicted molar refractivity (Wildman–Crippen MR) is 281 cm³/mol. The first-order valence-corrected chi connectivity index (χ1v) is 23.0. The molecule has 0 spiro atoms. The third-order valence-electron chi connectivity index (χ3n) is 14.0. The highest BCUT2D eigenvalue weighted by atomic mass is 15.1. The van der Waals surface area contributed by atoms with Gasteiger partial charge in [0.15, 0.2) is 0 Å². The minimum absolute atomic E-state index is 0.881. The smallest absolute Gasteiger partial charge is 0.149 e. The molecule has 0 bridgehead atoms. The number of para-hydroxylation sites is 6. The summed E-state index contributed by atoms with van der Waals surface area (Å²) in [5.74, 6) is 1.76. The molecule has 0 aliphatic carbocycles. The summed E-state index contributed by atoms with van der Waals surface area (Å²) in [6, 6.07) is 78.2. The van der Waals surface area contributed by atoms with Crippen LogP contribution in [0.3, 0.4) is 0 Å². The van der Waals surface area contributed by atoms with Crippen LogP contribution in [0.2, 0.25) is 0 Å². The second-order valence-electron chi connectivity index (χ2n) is 17.8. The van der Waals surface area contributed by atoms with Gasteiger partial charge in [0.05, 0.1) is 33.1 Å². The van der Waals surface area contributed by atoms with Gasteiger partial charge in [-0.2, -0.15) is 0 Å². The maximum atomic E-state index is 5.25. The molecule has 4 heterocycles. The molecule has 0 unspecified atom stereocenters. The normalized spacial score (nSPS) is 12.1. The molecule has 4 aromatic heterocycles. The van der Waals surface area contributed by atoms with Crippen molar-refractivity contribution in [1.29, 1.82) is 0 Å². The number of rotatable bonds is 4. The van der Waals surface area contributed by atoms with E-state index in [1.54, 1.807) is 0 Å². The number of imidazole rings is 2. The molecule has 0 aliphatic rings. The largest absolute Gasteiger partial charge is 0.276 e. The van der Waals surface area contributed by atoms with Crippen molar-refractivity contribution in [3.63, 3.8) is 0 Å². The molecule has 0 aliphatic heterocycles. The molecule has 0 amide bonds. The molecule has 0 atom stereocenters. The van der Waals surface area contributed by atoms with E-state index in [1.165, 1.54) is 54.6 Å². The molecule has 0 N–H and O–H groups in total. The molecule has 6 heteroatoms. The lowest BCUT2D eigenvalue weighted by Crippen LogP contribution is -1.98. The van der Waals surface area contributed by atoms with E-state index in [2.05, 4.69) is 203 Å². The van der Waals surface area contributed by atoms with E-state index in [9.17, 15) is 0 Å². The topological polar surface area (TPSA) is 60.4 Å².